The quantitative estimate of drug-likeness (QED) is 0.482. The maximum Gasteiger partial charge on any atom is 0.111 e. The second-order valence-corrected chi connectivity index (χ2v) is 8.06. The molecule has 114 valence electrons. The van der Waals surface area contributed by atoms with Gasteiger partial charge in [0.15, 0.2) is 0 Å². The Labute approximate surface area is 145 Å². The minimum Gasteiger partial charge on any atom is -0.325 e. The summed E-state index contributed by atoms with van der Waals surface area (Å²) in [4.78, 5) is 4.87. The molecule has 0 radical (unpaired) electrons. The number of benzene rings is 1. The summed E-state index contributed by atoms with van der Waals surface area (Å²) in [6.45, 7) is 4.77. The van der Waals surface area contributed by atoms with Crippen LogP contribution < -0.4 is 0 Å². The first-order valence-electron chi connectivity index (χ1n) is 7.82. The monoisotopic (exact) mass is 416 g/mol. The molecule has 4 heteroatoms. The molecule has 0 bridgehead atoms. The summed E-state index contributed by atoms with van der Waals surface area (Å²) < 4.78 is 3.73. The minimum absolute atomic E-state index is 0.574. The summed E-state index contributed by atoms with van der Waals surface area (Å²) in [6.07, 6.45) is 4.75. The average Bonchev–Trinajstić information content (AvgIpc) is 2.76. The summed E-state index contributed by atoms with van der Waals surface area (Å²) in [6, 6.07) is 7.17. The van der Waals surface area contributed by atoms with Gasteiger partial charge in [-0.2, -0.15) is 0 Å². The van der Waals surface area contributed by atoms with Crippen LogP contribution in [0.3, 0.4) is 0 Å². The lowest BCUT2D eigenvalue weighted by Gasteiger charge is -2.34. The topological polar surface area (TPSA) is 17.8 Å². The lowest BCUT2D eigenvalue weighted by molar-refractivity contribution is 0.208. The molecule has 3 rings (SSSR count). The molecule has 0 amide bonds. The molecule has 1 heterocycles. The van der Waals surface area contributed by atoms with Crippen LogP contribution in [0.25, 0.3) is 11.0 Å². The third-order valence-corrected chi connectivity index (χ3v) is 5.62. The van der Waals surface area contributed by atoms with Crippen molar-refractivity contribution >= 4 is 45.2 Å². The van der Waals surface area contributed by atoms with Crippen molar-refractivity contribution < 1.29 is 0 Å². The Kier molecular flexibility index (Phi) is 4.79. The molecule has 1 aliphatic carbocycles. The van der Waals surface area contributed by atoms with Crippen molar-refractivity contribution in [3.63, 3.8) is 0 Å². The minimum atomic E-state index is 0.574. The number of aromatic nitrogens is 2. The van der Waals surface area contributed by atoms with Crippen LogP contribution in [0.2, 0.25) is 0 Å². The van der Waals surface area contributed by atoms with E-state index in [2.05, 4.69) is 59.2 Å². The first-order chi connectivity index (χ1) is 10.1. The average molecular weight is 417 g/mol. The highest BCUT2D eigenvalue weighted by Crippen LogP contribution is 2.39. The zero-order valence-electron chi connectivity index (χ0n) is 12.6. The highest BCUT2D eigenvalue weighted by Gasteiger charge is 2.29. The molecule has 21 heavy (non-hydrogen) atoms. The van der Waals surface area contributed by atoms with Gasteiger partial charge in [0.25, 0.3) is 0 Å². The van der Waals surface area contributed by atoms with E-state index in [0.717, 1.165) is 23.7 Å². The number of hydrogen-bond acceptors (Lipinski definition) is 1. The van der Waals surface area contributed by atoms with Gasteiger partial charge in [-0.1, -0.05) is 13.8 Å². The van der Waals surface area contributed by atoms with Gasteiger partial charge in [0.05, 0.1) is 11.0 Å². The van der Waals surface area contributed by atoms with Crippen LogP contribution in [0.1, 0.15) is 45.0 Å². The molecular formula is C17H22ClIN2. The first-order valence-corrected chi connectivity index (χ1v) is 9.43. The van der Waals surface area contributed by atoms with Gasteiger partial charge < -0.3 is 4.57 Å². The molecule has 2 nitrogen and oxygen atoms in total. The van der Waals surface area contributed by atoms with Gasteiger partial charge in [-0.3, -0.25) is 0 Å². The van der Waals surface area contributed by atoms with Gasteiger partial charge in [0.2, 0.25) is 0 Å². The Morgan fingerprint density at radius 3 is 2.86 bits per heavy atom. The fraction of sp³-hybridized carbons (Fsp3) is 0.588. The number of alkyl halides is 1. The number of nitrogens with zero attached hydrogens (tertiary/aromatic N) is 2. The number of fused-ring (bicyclic) bond motifs is 1. The van der Waals surface area contributed by atoms with Crippen molar-refractivity contribution in [2.24, 2.45) is 11.8 Å². The Balaban J connectivity index is 2.08. The molecule has 2 aromatic rings. The molecule has 3 unspecified atom stereocenters. The van der Waals surface area contributed by atoms with Crippen LogP contribution in [0, 0.1) is 15.4 Å². The summed E-state index contributed by atoms with van der Waals surface area (Å²) in [7, 11) is 0. The number of rotatable bonds is 3. The zero-order valence-corrected chi connectivity index (χ0v) is 15.6. The summed E-state index contributed by atoms with van der Waals surface area (Å²) in [5.74, 6) is 3.36. The van der Waals surface area contributed by atoms with Crippen molar-refractivity contribution in [3.05, 3.63) is 27.6 Å². The molecule has 1 aliphatic rings. The molecule has 0 aliphatic heterocycles. The van der Waals surface area contributed by atoms with E-state index in [1.165, 1.54) is 28.3 Å². The van der Waals surface area contributed by atoms with Crippen molar-refractivity contribution in [3.8, 4) is 0 Å². The number of hydrogen-bond donors (Lipinski definition) is 0. The standard InChI is InChI=1S/C17H22ClIN2/c1-11-3-5-15(12(2)9-11)21-16-6-4-13(19)10-14(16)20-17(21)7-8-18/h4,6,10-12,15H,3,5,7-9H2,1-2H3. The predicted octanol–water partition coefficient (Wildman–Crippen LogP) is 5.42. The van der Waals surface area contributed by atoms with Crippen molar-refractivity contribution in [1.29, 1.82) is 0 Å². The third kappa shape index (κ3) is 3.09. The van der Waals surface area contributed by atoms with E-state index < -0.39 is 0 Å². The van der Waals surface area contributed by atoms with Crippen LogP contribution in [-0.4, -0.2) is 15.4 Å². The van der Waals surface area contributed by atoms with Crippen molar-refractivity contribution in [2.75, 3.05) is 5.88 Å². The number of halogens is 2. The smallest absolute Gasteiger partial charge is 0.111 e. The van der Waals surface area contributed by atoms with Gasteiger partial charge in [0, 0.05) is 21.9 Å². The highest BCUT2D eigenvalue weighted by molar-refractivity contribution is 14.1. The highest BCUT2D eigenvalue weighted by atomic mass is 127. The van der Waals surface area contributed by atoms with Crippen LogP contribution >= 0.6 is 34.2 Å². The van der Waals surface area contributed by atoms with E-state index in [1.54, 1.807) is 0 Å². The van der Waals surface area contributed by atoms with Crippen LogP contribution in [0.4, 0.5) is 0 Å². The number of aryl methyl sites for hydroxylation is 1. The summed E-state index contributed by atoms with van der Waals surface area (Å²) >= 11 is 8.37. The van der Waals surface area contributed by atoms with E-state index in [1.807, 2.05) is 0 Å². The van der Waals surface area contributed by atoms with Gasteiger partial charge in [-0.25, -0.2) is 4.98 Å². The molecule has 1 aromatic heterocycles. The molecule has 0 N–H and O–H groups in total. The SMILES string of the molecule is CC1CCC(n2c(CCCl)nc3cc(I)ccc32)C(C)C1. The second-order valence-electron chi connectivity index (χ2n) is 6.43. The van der Waals surface area contributed by atoms with Crippen LogP contribution in [0.5, 0.6) is 0 Å². The normalized spacial score (nSPS) is 26.4. The molecule has 1 aromatic carbocycles. The molecular weight excluding hydrogens is 395 g/mol. The lowest BCUT2D eigenvalue weighted by Crippen LogP contribution is -2.26. The Hall–Kier alpha value is -0.290. The molecule has 0 spiro atoms. The van der Waals surface area contributed by atoms with E-state index in [0.29, 0.717) is 17.8 Å². The van der Waals surface area contributed by atoms with Gasteiger partial charge in [0.1, 0.15) is 5.82 Å². The predicted molar refractivity (Wildman–Crippen MR) is 98.1 cm³/mol. The van der Waals surface area contributed by atoms with Crippen LogP contribution in [-0.2, 0) is 6.42 Å². The maximum atomic E-state index is 6.01. The van der Waals surface area contributed by atoms with Crippen molar-refractivity contribution in [1.82, 2.24) is 9.55 Å². The largest absolute Gasteiger partial charge is 0.325 e. The fourth-order valence-electron chi connectivity index (χ4n) is 3.79. The lowest BCUT2D eigenvalue weighted by atomic mass is 9.79. The van der Waals surface area contributed by atoms with Gasteiger partial charge in [-0.05, 0) is 71.9 Å². The third-order valence-electron chi connectivity index (χ3n) is 4.76. The van der Waals surface area contributed by atoms with E-state index in [9.17, 15) is 0 Å². The van der Waals surface area contributed by atoms with Gasteiger partial charge >= 0.3 is 0 Å². The number of imidazole rings is 1. The first kappa shape index (κ1) is 15.6. The molecule has 1 fully saturated rings. The molecule has 0 saturated heterocycles. The van der Waals surface area contributed by atoms with E-state index in [4.69, 9.17) is 16.6 Å². The van der Waals surface area contributed by atoms with E-state index >= 15 is 0 Å². The zero-order chi connectivity index (χ0) is 15.0. The molecule has 1 saturated carbocycles. The Morgan fingerprint density at radius 2 is 2.14 bits per heavy atom. The van der Waals surface area contributed by atoms with E-state index in [-0.39, 0.29) is 0 Å². The second kappa shape index (κ2) is 6.45. The summed E-state index contributed by atoms with van der Waals surface area (Å²) in [5, 5.41) is 0. The van der Waals surface area contributed by atoms with Crippen molar-refractivity contribution in [2.45, 2.75) is 45.6 Å². The summed E-state index contributed by atoms with van der Waals surface area (Å²) in [5.41, 5.74) is 2.40. The molecule has 3 atom stereocenters. The maximum absolute atomic E-state index is 6.01. The Bertz CT molecular complexity index is 637. The fourth-order valence-corrected chi connectivity index (χ4v) is 4.43. The van der Waals surface area contributed by atoms with Gasteiger partial charge in [-0.15, -0.1) is 11.6 Å². The Morgan fingerprint density at radius 1 is 1.33 bits per heavy atom. The van der Waals surface area contributed by atoms with Crippen LogP contribution in [0.15, 0.2) is 18.2 Å².